The number of azo groups is 5. The molecule has 85 heavy (non-hydrogen) atoms. The predicted octanol–water partition coefficient (Wildman–Crippen LogP) is 15.2. The smallest absolute Gasteiger partial charge is 0.295 e. The van der Waals surface area contributed by atoms with E-state index in [9.17, 15) is 57.1 Å². The summed E-state index contributed by atoms with van der Waals surface area (Å²) in [6.07, 6.45) is 5.89. The lowest BCUT2D eigenvalue weighted by molar-refractivity contribution is -0.435. The molecule has 434 valence electrons. The molecular formula is C56H46N10O15S4. The molecular weight excluding hydrogens is 1180 g/mol. The van der Waals surface area contributed by atoms with E-state index < -0.39 is 50.3 Å². The number of benzene rings is 8. The van der Waals surface area contributed by atoms with Gasteiger partial charge in [-0.05, 0) is 138 Å². The Hall–Kier alpha value is -9.72. The third-order valence-electron chi connectivity index (χ3n) is 12.0. The average Bonchev–Trinajstić information content (AvgIpc) is 3.35. The van der Waals surface area contributed by atoms with Gasteiger partial charge in [-0.2, -0.15) is 64.4 Å². The Morgan fingerprint density at radius 3 is 1.20 bits per heavy atom. The Morgan fingerprint density at radius 2 is 0.788 bits per heavy atom. The molecule has 0 spiro atoms. The monoisotopic (exact) mass is 1230 g/mol. The van der Waals surface area contributed by atoms with E-state index in [-0.39, 0.29) is 48.5 Å². The number of hydrogen-bond donors (Lipinski definition) is 4. The molecule has 0 amide bonds. The maximum atomic E-state index is 13.3. The SMILES string of the molecule is COc1cc(N=Nc2cccc(S(=O)(=O)O)c2)c(C)cc1N=Nc1ccc(/C=C\c2ccc(N=[N+]([O-])c3ccc(/C=C\c4ccc(N=Nc5cc(C)c(N=Nc6cccc(S(=O)(=O)O)c6)cc5OC)cc4)c(S(=O)(=O)O)c3)cc2S(=O)(=O)O)cc1. The van der Waals surface area contributed by atoms with Crippen molar-refractivity contribution in [2.24, 2.45) is 46.0 Å². The summed E-state index contributed by atoms with van der Waals surface area (Å²) >= 11 is 0. The normalized spacial score (nSPS) is 12.9. The third kappa shape index (κ3) is 16.3. The predicted molar refractivity (Wildman–Crippen MR) is 313 cm³/mol. The van der Waals surface area contributed by atoms with Crippen LogP contribution in [0.3, 0.4) is 0 Å². The highest BCUT2D eigenvalue weighted by atomic mass is 32.2. The van der Waals surface area contributed by atoms with Gasteiger partial charge in [-0.25, -0.2) is 0 Å². The molecule has 8 aromatic rings. The number of rotatable bonds is 20. The van der Waals surface area contributed by atoms with Gasteiger partial charge in [-0.1, -0.05) is 71.6 Å². The van der Waals surface area contributed by atoms with E-state index in [4.69, 9.17) is 9.47 Å². The van der Waals surface area contributed by atoms with Crippen LogP contribution >= 0.6 is 0 Å². The molecule has 0 fully saturated rings. The standard InChI is InChI=1S/C56H46N10O15S4/c1-35-27-51(53(80-3)33-49(35)61-59-43-7-5-9-47(29-43)82(68,69)70)63-57-41-21-13-37(14-22-41)11-17-39-19-25-45(31-55(39)84(74,75)76)65-66(67)46-26-20-40(56(32-46)85(77,78)79)18-12-38-15-23-42(24-16-38)58-64-52-28-36(2)50(34-54(52)81-4)62-60-44-8-6-10-48(30-44)83(71,72)73/h5-34H,1-4H3,(H,68,69,70)(H,71,72,73)(H,74,75,76)(H,77,78,79)/b17-11-,18-12-,61-59?,62-60?,63-57?,64-58?,66-65?. The number of methoxy groups -OCH3 is 2. The van der Waals surface area contributed by atoms with Crippen LogP contribution in [0.25, 0.3) is 24.3 Å². The second-order valence-electron chi connectivity index (χ2n) is 18.0. The fourth-order valence-electron chi connectivity index (χ4n) is 7.67. The van der Waals surface area contributed by atoms with Crippen molar-refractivity contribution in [2.45, 2.75) is 33.4 Å². The Labute approximate surface area is 486 Å². The molecule has 8 rings (SSSR count). The number of nitrogens with zero attached hydrogens (tertiary/aromatic N) is 10. The molecule has 0 saturated heterocycles. The highest BCUT2D eigenvalue weighted by Gasteiger charge is 2.21. The van der Waals surface area contributed by atoms with Crippen LogP contribution in [0.5, 0.6) is 11.5 Å². The molecule has 0 aliphatic carbocycles. The van der Waals surface area contributed by atoms with Gasteiger partial charge in [0.15, 0.2) is 0 Å². The van der Waals surface area contributed by atoms with E-state index in [1.165, 1.54) is 99.2 Å². The first-order valence-electron chi connectivity index (χ1n) is 24.4. The van der Waals surface area contributed by atoms with Crippen LogP contribution < -0.4 is 9.47 Å². The van der Waals surface area contributed by atoms with Crippen LogP contribution in [0.15, 0.2) is 223 Å². The molecule has 0 atom stereocenters. The van der Waals surface area contributed by atoms with Crippen LogP contribution in [0.1, 0.15) is 33.4 Å². The molecule has 0 unspecified atom stereocenters. The molecule has 25 nitrogen and oxygen atoms in total. The van der Waals surface area contributed by atoms with E-state index >= 15 is 0 Å². The molecule has 0 aromatic heterocycles. The van der Waals surface area contributed by atoms with Crippen LogP contribution in [0.4, 0.5) is 56.9 Å². The second kappa shape index (κ2) is 25.8. The summed E-state index contributed by atoms with van der Waals surface area (Å²) in [6, 6.07) is 37.2. The highest BCUT2D eigenvalue weighted by molar-refractivity contribution is 7.86. The molecule has 0 aliphatic heterocycles. The van der Waals surface area contributed by atoms with Crippen molar-refractivity contribution in [3.63, 3.8) is 0 Å². The zero-order valence-electron chi connectivity index (χ0n) is 44.7. The number of aryl methyl sites for hydroxylation is 2. The van der Waals surface area contributed by atoms with Gasteiger partial charge in [0.2, 0.25) is 5.69 Å². The molecule has 4 N–H and O–H groups in total. The zero-order valence-corrected chi connectivity index (χ0v) is 48.0. The molecule has 0 saturated carbocycles. The minimum absolute atomic E-state index is 0.00230. The zero-order chi connectivity index (χ0) is 61.3. The van der Waals surface area contributed by atoms with Gasteiger partial charge in [-0.15, -0.1) is 10.2 Å². The van der Waals surface area contributed by atoms with Gasteiger partial charge in [0.1, 0.15) is 38.4 Å². The summed E-state index contributed by atoms with van der Waals surface area (Å²) in [7, 11) is -15.8. The maximum Gasteiger partial charge on any atom is 0.295 e. The summed E-state index contributed by atoms with van der Waals surface area (Å²) in [5.74, 6) is 0.606. The van der Waals surface area contributed by atoms with Crippen molar-refractivity contribution < 1.29 is 66.2 Å². The Morgan fingerprint density at radius 1 is 0.400 bits per heavy atom. The lowest BCUT2D eigenvalue weighted by Gasteiger charge is -2.07. The van der Waals surface area contributed by atoms with Crippen LogP contribution in [-0.4, -0.2) is 71.0 Å². The molecule has 0 aliphatic rings. The Kier molecular flexibility index (Phi) is 18.6. The van der Waals surface area contributed by atoms with Crippen molar-refractivity contribution in [1.29, 1.82) is 0 Å². The van der Waals surface area contributed by atoms with Crippen molar-refractivity contribution >= 4 is 122 Å². The van der Waals surface area contributed by atoms with Gasteiger partial charge in [-0.3, -0.25) is 18.2 Å². The molecule has 0 radical (unpaired) electrons. The van der Waals surface area contributed by atoms with E-state index in [0.717, 1.165) is 12.1 Å². The fraction of sp³-hybridized carbons (Fsp3) is 0.0714. The van der Waals surface area contributed by atoms with Gasteiger partial charge in [0.05, 0.1) is 58.1 Å². The quantitative estimate of drug-likeness (QED) is 0.0181. The minimum atomic E-state index is -4.93. The lowest BCUT2D eigenvalue weighted by atomic mass is 10.1. The topological polar surface area (TPSA) is 373 Å². The molecule has 8 aromatic carbocycles. The van der Waals surface area contributed by atoms with Crippen molar-refractivity contribution in [1.82, 2.24) is 0 Å². The van der Waals surface area contributed by atoms with Gasteiger partial charge >= 0.3 is 0 Å². The van der Waals surface area contributed by atoms with E-state index in [0.29, 0.717) is 67.9 Å². The van der Waals surface area contributed by atoms with E-state index in [1.807, 2.05) is 0 Å². The van der Waals surface area contributed by atoms with E-state index in [1.54, 1.807) is 98.8 Å². The number of ether oxygens (including phenoxy) is 2. The summed E-state index contributed by atoms with van der Waals surface area (Å²) < 4.78 is 146. The third-order valence-corrected chi connectivity index (χ3v) is 15.5. The van der Waals surface area contributed by atoms with Crippen LogP contribution in [0.2, 0.25) is 0 Å². The van der Waals surface area contributed by atoms with Gasteiger partial charge in [0, 0.05) is 29.4 Å². The van der Waals surface area contributed by atoms with Gasteiger partial charge < -0.3 is 14.7 Å². The first-order chi connectivity index (χ1) is 40.2. The van der Waals surface area contributed by atoms with Crippen molar-refractivity contribution in [3.05, 3.63) is 196 Å². The first-order valence-corrected chi connectivity index (χ1v) is 30.2. The second-order valence-corrected chi connectivity index (χ2v) is 23.6. The average molecular weight is 1230 g/mol. The minimum Gasteiger partial charge on any atom is -0.594 e. The van der Waals surface area contributed by atoms with E-state index in [2.05, 4.69) is 46.0 Å². The van der Waals surface area contributed by atoms with Gasteiger partial charge in [0.25, 0.3) is 40.5 Å². The van der Waals surface area contributed by atoms with Crippen molar-refractivity contribution in [2.75, 3.05) is 14.2 Å². The fourth-order valence-corrected chi connectivity index (χ4v) is 10.1. The summed E-state index contributed by atoms with van der Waals surface area (Å²) in [6.45, 7) is 3.49. The molecule has 0 bridgehead atoms. The molecule has 0 heterocycles. The number of hydrogen-bond acceptors (Lipinski definition) is 20. The highest BCUT2D eigenvalue weighted by Crippen LogP contribution is 2.39. The summed E-state index contributed by atoms with van der Waals surface area (Å²) in [5.41, 5.74) is 4.59. The Balaban J connectivity index is 0.922. The largest absolute Gasteiger partial charge is 0.594 e. The van der Waals surface area contributed by atoms with Crippen molar-refractivity contribution in [3.8, 4) is 11.5 Å². The Bertz CT molecular complexity index is 4590. The van der Waals surface area contributed by atoms with Crippen LogP contribution in [-0.2, 0) is 40.5 Å². The van der Waals surface area contributed by atoms with Crippen LogP contribution in [0, 0.1) is 19.1 Å². The summed E-state index contributed by atoms with van der Waals surface area (Å²) in [5, 5.41) is 50.9. The maximum absolute atomic E-state index is 13.3. The molecule has 29 heteroatoms. The first kappa shape index (κ1) is 61.4. The summed E-state index contributed by atoms with van der Waals surface area (Å²) in [4.78, 5) is -1.90. The lowest BCUT2D eigenvalue weighted by Crippen LogP contribution is -2.03.